The fraction of sp³-hybridized carbons (Fsp3) is 0.409. The second-order valence-corrected chi connectivity index (χ2v) is 8.44. The molecule has 0 spiro atoms. The van der Waals surface area contributed by atoms with Gasteiger partial charge in [0.25, 0.3) is 0 Å². The first-order valence-electron chi connectivity index (χ1n) is 10.0. The molecule has 3 aromatic rings. The molecule has 2 aromatic heterocycles. The quantitative estimate of drug-likeness (QED) is 0.558. The van der Waals surface area contributed by atoms with Crippen molar-refractivity contribution < 1.29 is 0 Å². The Kier molecular flexibility index (Phi) is 6.39. The molecule has 0 radical (unpaired) electrons. The minimum Gasteiger partial charge on any atom is -0.303 e. The van der Waals surface area contributed by atoms with Crippen molar-refractivity contribution in [3.05, 3.63) is 60.4 Å². The van der Waals surface area contributed by atoms with E-state index >= 15 is 0 Å². The maximum absolute atomic E-state index is 4.53. The maximum Gasteiger partial charge on any atom is 0.191 e. The molecule has 146 valence electrons. The van der Waals surface area contributed by atoms with Crippen LogP contribution in [0.3, 0.4) is 0 Å². The van der Waals surface area contributed by atoms with Crippen LogP contribution in [0, 0.1) is 0 Å². The zero-order valence-electron chi connectivity index (χ0n) is 16.4. The lowest BCUT2D eigenvalue weighted by Gasteiger charge is -2.32. The van der Waals surface area contributed by atoms with E-state index in [2.05, 4.69) is 62.0 Å². The van der Waals surface area contributed by atoms with Gasteiger partial charge in [-0.1, -0.05) is 48.5 Å². The predicted octanol–water partition coefficient (Wildman–Crippen LogP) is 4.35. The van der Waals surface area contributed by atoms with Gasteiger partial charge in [-0.05, 0) is 50.6 Å². The smallest absolute Gasteiger partial charge is 0.191 e. The molecule has 0 aliphatic carbocycles. The summed E-state index contributed by atoms with van der Waals surface area (Å²) in [6.07, 6.45) is 8.82. The van der Waals surface area contributed by atoms with E-state index in [0.717, 1.165) is 28.8 Å². The van der Waals surface area contributed by atoms with Gasteiger partial charge in [-0.15, -0.1) is 10.2 Å². The van der Waals surface area contributed by atoms with Gasteiger partial charge in [0.05, 0.1) is 6.54 Å². The number of aromatic nitrogens is 4. The van der Waals surface area contributed by atoms with Crippen LogP contribution in [0.25, 0.3) is 11.4 Å². The highest BCUT2D eigenvalue weighted by molar-refractivity contribution is 7.99. The second-order valence-electron chi connectivity index (χ2n) is 7.38. The van der Waals surface area contributed by atoms with Crippen molar-refractivity contribution in [2.24, 2.45) is 0 Å². The SMILES string of the molecule is CN1CCCCC1CCSc1nnc(-c2ccncc2)n1Cc1ccccc1. The van der Waals surface area contributed by atoms with Crippen LogP contribution in [0.4, 0.5) is 0 Å². The van der Waals surface area contributed by atoms with Gasteiger partial charge >= 0.3 is 0 Å². The van der Waals surface area contributed by atoms with E-state index in [9.17, 15) is 0 Å². The Morgan fingerprint density at radius 3 is 2.64 bits per heavy atom. The molecular weight excluding hydrogens is 366 g/mol. The van der Waals surface area contributed by atoms with E-state index in [0.29, 0.717) is 6.04 Å². The zero-order valence-corrected chi connectivity index (χ0v) is 17.2. The Bertz CT molecular complexity index is 865. The van der Waals surface area contributed by atoms with Gasteiger partial charge in [-0.25, -0.2) is 0 Å². The molecule has 1 aliphatic rings. The van der Waals surface area contributed by atoms with Crippen LogP contribution < -0.4 is 0 Å². The largest absolute Gasteiger partial charge is 0.303 e. The summed E-state index contributed by atoms with van der Waals surface area (Å²) in [6, 6.07) is 15.2. The van der Waals surface area contributed by atoms with Gasteiger partial charge in [0.15, 0.2) is 11.0 Å². The highest BCUT2D eigenvalue weighted by Crippen LogP contribution is 2.27. The molecule has 0 bridgehead atoms. The minimum atomic E-state index is 0.700. The molecule has 3 heterocycles. The molecule has 0 saturated carbocycles. The van der Waals surface area contributed by atoms with Gasteiger partial charge in [0.1, 0.15) is 0 Å². The monoisotopic (exact) mass is 393 g/mol. The minimum absolute atomic E-state index is 0.700. The zero-order chi connectivity index (χ0) is 19.2. The number of likely N-dealkylation sites (tertiary alicyclic amines) is 1. The van der Waals surface area contributed by atoms with E-state index in [-0.39, 0.29) is 0 Å². The molecule has 5 nitrogen and oxygen atoms in total. The molecule has 28 heavy (non-hydrogen) atoms. The Morgan fingerprint density at radius 2 is 1.86 bits per heavy atom. The molecule has 1 aromatic carbocycles. The number of piperidine rings is 1. The molecule has 1 aliphatic heterocycles. The standard InChI is InChI=1S/C22H27N5S/c1-26-15-6-5-9-20(26)12-16-28-22-25-24-21(19-10-13-23-14-11-19)27(22)17-18-7-3-2-4-8-18/h2-4,7-8,10-11,13-14,20H,5-6,9,12,15-17H2,1H3. The molecule has 0 N–H and O–H groups in total. The summed E-state index contributed by atoms with van der Waals surface area (Å²) >= 11 is 1.82. The van der Waals surface area contributed by atoms with E-state index < -0.39 is 0 Å². The van der Waals surface area contributed by atoms with E-state index in [1.807, 2.05) is 36.3 Å². The average molecular weight is 394 g/mol. The summed E-state index contributed by atoms with van der Waals surface area (Å²) in [7, 11) is 2.26. The summed E-state index contributed by atoms with van der Waals surface area (Å²) in [5.74, 6) is 1.97. The van der Waals surface area contributed by atoms with Crippen molar-refractivity contribution in [3.8, 4) is 11.4 Å². The molecule has 1 atom stereocenters. The number of benzene rings is 1. The summed E-state index contributed by atoms with van der Waals surface area (Å²) in [5.41, 5.74) is 2.31. The van der Waals surface area contributed by atoms with E-state index in [1.165, 1.54) is 37.8 Å². The first kappa shape index (κ1) is 19.2. The number of rotatable bonds is 7. The Balaban J connectivity index is 1.52. The molecular formula is C22H27N5S. The number of hydrogen-bond donors (Lipinski definition) is 0. The van der Waals surface area contributed by atoms with Crippen molar-refractivity contribution in [2.45, 2.75) is 43.4 Å². The second kappa shape index (κ2) is 9.34. The number of hydrogen-bond acceptors (Lipinski definition) is 5. The van der Waals surface area contributed by atoms with Gasteiger partial charge in [-0.3, -0.25) is 9.55 Å². The van der Waals surface area contributed by atoms with Gasteiger partial charge < -0.3 is 4.90 Å². The average Bonchev–Trinajstić information content (AvgIpc) is 3.13. The third-order valence-electron chi connectivity index (χ3n) is 5.44. The van der Waals surface area contributed by atoms with Crippen molar-refractivity contribution in [1.29, 1.82) is 0 Å². The first-order chi connectivity index (χ1) is 13.8. The van der Waals surface area contributed by atoms with E-state index in [1.54, 1.807) is 0 Å². The normalized spacial score (nSPS) is 17.7. The predicted molar refractivity (Wildman–Crippen MR) is 114 cm³/mol. The Hall–Kier alpha value is -2.18. The van der Waals surface area contributed by atoms with Crippen LogP contribution in [0.15, 0.2) is 60.0 Å². The van der Waals surface area contributed by atoms with E-state index in [4.69, 9.17) is 0 Å². The number of nitrogens with zero attached hydrogens (tertiary/aromatic N) is 5. The van der Waals surface area contributed by atoms with Gasteiger partial charge in [0.2, 0.25) is 0 Å². The lowest BCUT2D eigenvalue weighted by atomic mass is 10.0. The van der Waals surface area contributed by atoms with Crippen molar-refractivity contribution in [3.63, 3.8) is 0 Å². The lowest BCUT2D eigenvalue weighted by molar-refractivity contribution is 0.182. The Morgan fingerprint density at radius 1 is 1.04 bits per heavy atom. The van der Waals surface area contributed by atoms with Gasteiger partial charge in [-0.2, -0.15) is 0 Å². The third-order valence-corrected chi connectivity index (χ3v) is 6.44. The number of pyridine rings is 1. The molecule has 0 amide bonds. The van der Waals surface area contributed by atoms with Crippen LogP contribution in [0.2, 0.25) is 0 Å². The fourth-order valence-corrected chi connectivity index (χ4v) is 4.79. The van der Waals surface area contributed by atoms with Crippen molar-refractivity contribution in [1.82, 2.24) is 24.6 Å². The van der Waals surface area contributed by atoms with Gasteiger partial charge in [0, 0.05) is 29.8 Å². The molecule has 1 unspecified atom stereocenters. The Labute approximate surface area is 171 Å². The molecule has 1 saturated heterocycles. The molecule has 6 heteroatoms. The molecule has 4 rings (SSSR count). The maximum atomic E-state index is 4.53. The van der Waals surface area contributed by atoms with Crippen LogP contribution in [-0.2, 0) is 6.54 Å². The third kappa shape index (κ3) is 4.62. The fourth-order valence-electron chi connectivity index (χ4n) is 3.81. The molecule has 1 fully saturated rings. The highest BCUT2D eigenvalue weighted by Gasteiger charge is 2.20. The van der Waals surface area contributed by atoms with Crippen LogP contribution in [-0.4, -0.2) is 50.0 Å². The van der Waals surface area contributed by atoms with Crippen molar-refractivity contribution in [2.75, 3.05) is 19.3 Å². The lowest BCUT2D eigenvalue weighted by Crippen LogP contribution is -2.36. The summed E-state index contributed by atoms with van der Waals surface area (Å²) < 4.78 is 2.24. The summed E-state index contributed by atoms with van der Waals surface area (Å²) in [4.78, 5) is 6.65. The van der Waals surface area contributed by atoms with Crippen LogP contribution in [0.1, 0.15) is 31.2 Å². The first-order valence-corrected chi connectivity index (χ1v) is 11.0. The highest BCUT2D eigenvalue weighted by atomic mass is 32.2. The van der Waals surface area contributed by atoms with Crippen LogP contribution >= 0.6 is 11.8 Å². The van der Waals surface area contributed by atoms with Crippen molar-refractivity contribution >= 4 is 11.8 Å². The van der Waals surface area contributed by atoms with Crippen LogP contribution in [0.5, 0.6) is 0 Å². The summed E-state index contributed by atoms with van der Waals surface area (Å²) in [5, 5.41) is 10.0. The number of thioether (sulfide) groups is 1. The topological polar surface area (TPSA) is 46.8 Å². The summed E-state index contributed by atoms with van der Waals surface area (Å²) in [6.45, 7) is 2.00.